The molecule has 0 radical (unpaired) electrons. The van der Waals surface area contributed by atoms with E-state index in [9.17, 15) is 4.79 Å². The van der Waals surface area contributed by atoms with Gasteiger partial charge in [-0.3, -0.25) is 4.79 Å². The minimum atomic E-state index is -0.346. The van der Waals surface area contributed by atoms with Crippen molar-refractivity contribution in [2.24, 2.45) is 0 Å². The van der Waals surface area contributed by atoms with Gasteiger partial charge < -0.3 is 10.6 Å². The van der Waals surface area contributed by atoms with Gasteiger partial charge in [-0.05, 0) is 38.1 Å². The van der Waals surface area contributed by atoms with Crippen LogP contribution in [0.1, 0.15) is 34.5 Å². The SMILES string of the molecule is CCNCc1ccccc1NC(=O)c1nc2nc(C)cc(C)n2n1. The number of para-hydroxylation sites is 1. The number of fused-ring (bicyclic) bond motifs is 1. The molecule has 0 aliphatic heterocycles. The number of aromatic nitrogens is 4. The van der Waals surface area contributed by atoms with Crippen molar-refractivity contribution in [1.82, 2.24) is 24.9 Å². The van der Waals surface area contributed by atoms with Gasteiger partial charge >= 0.3 is 0 Å². The average Bonchev–Trinajstić information content (AvgIpc) is 2.98. The lowest BCUT2D eigenvalue weighted by Crippen LogP contribution is -2.18. The molecule has 2 aromatic heterocycles. The average molecular weight is 324 g/mol. The maximum atomic E-state index is 12.5. The highest BCUT2D eigenvalue weighted by Gasteiger charge is 2.16. The molecule has 0 bridgehead atoms. The quantitative estimate of drug-likeness (QED) is 0.751. The van der Waals surface area contributed by atoms with Gasteiger partial charge in [0.25, 0.3) is 11.7 Å². The molecule has 0 atom stereocenters. The van der Waals surface area contributed by atoms with Gasteiger partial charge in [-0.2, -0.15) is 4.98 Å². The number of nitrogens with zero attached hydrogens (tertiary/aromatic N) is 4. The normalized spacial score (nSPS) is 11.0. The van der Waals surface area contributed by atoms with Gasteiger partial charge in [-0.25, -0.2) is 9.50 Å². The number of amides is 1. The molecule has 124 valence electrons. The molecule has 24 heavy (non-hydrogen) atoms. The Morgan fingerprint density at radius 3 is 2.79 bits per heavy atom. The highest BCUT2D eigenvalue weighted by Crippen LogP contribution is 2.16. The van der Waals surface area contributed by atoms with Gasteiger partial charge in [-0.15, -0.1) is 5.10 Å². The first kappa shape index (κ1) is 16.1. The second kappa shape index (κ2) is 6.76. The van der Waals surface area contributed by atoms with Crippen LogP contribution in [0.5, 0.6) is 0 Å². The van der Waals surface area contributed by atoms with Crippen LogP contribution in [0.25, 0.3) is 5.78 Å². The predicted molar refractivity (Wildman–Crippen MR) is 92.0 cm³/mol. The number of anilines is 1. The van der Waals surface area contributed by atoms with Crippen LogP contribution in [-0.2, 0) is 6.54 Å². The predicted octanol–water partition coefficient (Wildman–Crippen LogP) is 2.10. The summed E-state index contributed by atoms with van der Waals surface area (Å²) in [4.78, 5) is 21.0. The third-order valence-corrected chi connectivity index (χ3v) is 3.65. The van der Waals surface area contributed by atoms with Gasteiger partial charge in [0.1, 0.15) is 0 Å². The van der Waals surface area contributed by atoms with Crippen molar-refractivity contribution >= 4 is 17.4 Å². The molecule has 0 unspecified atom stereocenters. The molecule has 7 nitrogen and oxygen atoms in total. The van der Waals surface area contributed by atoms with E-state index in [2.05, 4.69) is 25.7 Å². The number of aryl methyl sites for hydroxylation is 2. The van der Waals surface area contributed by atoms with Crippen LogP contribution in [0.2, 0.25) is 0 Å². The number of hydrogen-bond acceptors (Lipinski definition) is 5. The number of benzene rings is 1. The van der Waals surface area contributed by atoms with Gasteiger partial charge in [-0.1, -0.05) is 25.1 Å². The molecule has 0 saturated heterocycles. The summed E-state index contributed by atoms with van der Waals surface area (Å²) in [5.74, 6) is 0.189. The molecule has 1 aromatic carbocycles. The molecule has 0 spiro atoms. The van der Waals surface area contributed by atoms with Crippen LogP contribution >= 0.6 is 0 Å². The molecule has 0 saturated carbocycles. The maximum Gasteiger partial charge on any atom is 0.295 e. The van der Waals surface area contributed by atoms with E-state index in [1.165, 1.54) is 0 Å². The smallest absolute Gasteiger partial charge is 0.295 e. The number of carbonyl (C=O) groups excluding carboxylic acids is 1. The molecule has 0 fully saturated rings. The van der Waals surface area contributed by atoms with Crippen molar-refractivity contribution in [3.8, 4) is 0 Å². The summed E-state index contributed by atoms with van der Waals surface area (Å²) in [6.45, 7) is 7.38. The van der Waals surface area contributed by atoms with Crippen molar-refractivity contribution in [3.05, 3.63) is 53.1 Å². The summed E-state index contributed by atoms with van der Waals surface area (Å²) in [5.41, 5.74) is 3.50. The first-order chi connectivity index (χ1) is 11.6. The van der Waals surface area contributed by atoms with Gasteiger partial charge in [0.2, 0.25) is 5.82 Å². The molecular formula is C17H20N6O. The second-order valence-corrected chi connectivity index (χ2v) is 5.58. The van der Waals surface area contributed by atoms with Crippen molar-refractivity contribution in [3.63, 3.8) is 0 Å². The monoisotopic (exact) mass is 324 g/mol. The summed E-state index contributed by atoms with van der Waals surface area (Å²) in [6, 6.07) is 9.58. The van der Waals surface area contributed by atoms with Crippen LogP contribution in [0.15, 0.2) is 30.3 Å². The first-order valence-electron chi connectivity index (χ1n) is 7.89. The van der Waals surface area contributed by atoms with Crippen LogP contribution in [0.3, 0.4) is 0 Å². The largest absolute Gasteiger partial charge is 0.319 e. The van der Waals surface area contributed by atoms with Crippen LogP contribution < -0.4 is 10.6 Å². The van der Waals surface area contributed by atoms with E-state index in [0.717, 1.165) is 29.2 Å². The second-order valence-electron chi connectivity index (χ2n) is 5.58. The molecule has 3 aromatic rings. The maximum absolute atomic E-state index is 12.5. The molecule has 2 heterocycles. The Kier molecular flexibility index (Phi) is 4.52. The lowest BCUT2D eigenvalue weighted by Gasteiger charge is -2.10. The van der Waals surface area contributed by atoms with Crippen molar-refractivity contribution in [2.75, 3.05) is 11.9 Å². The van der Waals surface area contributed by atoms with E-state index in [-0.39, 0.29) is 11.7 Å². The molecule has 0 aliphatic carbocycles. The first-order valence-corrected chi connectivity index (χ1v) is 7.89. The van der Waals surface area contributed by atoms with Crippen molar-refractivity contribution < 1.29 is 4.79 Å². The highest BCUT2D eigenvalue weighted by molar-refractivity contribution is 6.02. The van der Waals surface area contributed by atoms with Crippen LogP contribution in [0.4, 0.5) is 5.69 Å². The lowest BCUT2D eigenvalue weighted by molar-refractivity contribution is 0.101. The fourth-order valence-electron chi connectivity index (χ4n) is 2.50. The third-order valence-electron chi connectivity index (χ3n) is 3.65. The molecule has 3 rings (SSSR count). The number of nitrogens with one attached hydrogen (secondary N) is 2. The zero-order valence-electron chi connectivity index (χ0n) is 14.0. The Hall–Kier alpha value is -2.80. The number of hydrogen-bond donors (Lipinski definition) is 2. The summed E-state index contributed by atoms with van der Waals surface area (Å²) >= 11 is 0. The molecule has 7 heteroatoms. The lowest BCUT2D eigenvalue weighted by atomic mass is 10.1. The Labute approximate surface area is 140 Å². The minimum Gasteiger partial charge on any atom is -0.319 e. The molecule has 1 amide bonds. The number of carbonyl (C=O) groups is 1. The molecular weight excluding hydrogens is 304 g/mol. The summed E-state index contributed by atoms with van der Waals surface area (Å²) < 4.78 is 1.58. The summed E-state index contributed by atoms with van der Waals surface area (Å²) in [7, 11) is 0. The van der Waals surface area contributed by atoms with E-state index < -0.39 is 0 Å². The topological polar surface area (TPSA) is 84.2 Å². The zero-order chi connectivity index (χ0) is 17.1. The van der Waals surface area contributed by atoms with E-state index in [0.29, 0.717) is 12.3 Å². The Balaban J connectivity index is 1.87. The summed E-state index contributed by atoms with van der Waals surface area (Å²) in [6.07, 6.45) is 0. The van der Waals surface area contributed by atoms with E-state index in [4.69, 9.17) is 0 Å². The fourth-order valence-corrected chi connectivity index (χ4v) is 2.50. The minimum absolute atomic E-state index is 0.106. The molecule has 0 aliphatic rings. The Morgan fingerprint density at radius 2 is 2.00 bits per heavy atom. The van der Waals surface area contributed by atoms with Crippen molar-refractivity contribution in [2.45, 2.75) is 27.3 Å². The van der Waals surface area contributed by atoms with E-state index >= 15 is 0 Å². The van der Waals surface area contributed by atoms with Crippen LogP contribution in [-0.4, -0.2) is 32.0 Å². The van der Waals surface area contributed by atoms with E-state index in [1.807, 2.05) is 51.1 Å². The molecule has 2 N–H and O–H groups in total. The third kappa shape index (κ3) is 3.26. The van der Waals surface area contributed by atoms with Gasteiger partial charge in [0.05, 0.1) is 0 Å². The van der Waals surface area contributed by atoms with Gasteiger partial charge in [0, 0.05) is 23.6 Å². The zero-order valence-corrected chi connectivity index (χ0v) is 14.0. The Morgan fingerprint density at radius 1 is 1.21 bits per heavy atom. The highest BCUT2D eigenvalue weighted by atomic mass is 16.2. The van der Waals surface area contributed by atoms with E-state index in [1.54, 1.807) is 4.52 Å². The van der Waals surface area contributed by atoms with Gasteiger partial charge in [0.15, 0.2) is 0 Å². The fraction of sp³-hybridized carbons (Fsp3) is 0.294. The number of rotatable bonds is 5. The Bertz CT molecular complexity index is 886. The van der Waals surface area contributed by atoms with Crippen LogP contribution in [0, 0.1) is 13.8 Å². The summed E-state index contributed by atoms with van der Waals surface area (Å²) in [5, 5.41) is 10.4. The standard InChI is InChI=1S/C17H20N6O/c1-4-18-10-13-7-5-6-8-14(13)20-16(24)15-21-17-19-11(2)9-12(3)23(17)22-15/h5-9,18H,4,10H2,1-3H3,(H,20,24). The van der Waals surface area contributed by atoms with Crippen molar-refractivity contribution in [1.29, 1.82) is 0 Å².